The second-order valence-corrected chi connectivity index (χ2v) is 4.18. The molecule has 0 amide bonds. The van der Waals surface area contributed by atoms with Gasteiger partial charge in [0.05, 0.1) is 11.4 Å². The van der Waals surface area contributed by atoms with Gasteiger partial charge in [0.2, 0.25) is 0 Å². The van der Waals surface area contributed by atoms with Crippen LogP contribution in [0, 0.1) is 11.8 Å². The van der Waals surface area contributed by atoms with E-state index in [1.807, 2.05) is 30.6 Å². The molecule has 1 aliphatic heterocycles. The molecule has 2 heterocycles. The monoisotopic (exact) mass is 200 g/mol. The minimum Gasteiger partial charge on any atom is -0.259 e. The summed E-state index contributed by atoms with van der Waals surface area (Å²) in [5, 5.41) is 0. The Kier molecular flexibility index (Phi) is 2.67. The van der Waals surface area contributed by atoms with Crippen molar-refractivity contribution in [3.05, 3.63) is 41.9 Å². The molecule has 15 heavy (non-hydrogen) atoms. The first-order valence-corrected chi connectivity index (χ1v) is 5.36. The van der Waals surface area contributed by atoms with Gasteiger partial charge in [0, 0.05) is 18.3 Å². The number of pyridine rings is 1. The van der Waals surface area contributed by atoms with Gasteiger partial charge in [-0.15, -0.1) is 0 Å². The molecular weight excluding hydrogens is 184 g/mol. The zero-order chi connectivity index (χ0) is 10.8. The quantitative estimate of drug-likeness (QED) is 0.684. The Morgan fingerprint density at radius 3 is 2.60 bits per heavy atom. The lowest BCUT2D eigenvalue weighted by atomic mass is 9.83. The normalized spacial score (nSPS) is 25.8. The van der Waals surface area contributed by atoms with Crippen molar-refractivity contribution in [3.63, 3.8) is 0 Å². The van der Waals surface area contributed by atoms with Crippen LogP contribution in [0.3, 0.4) is 0 Å². The number of aliphatic imine (C=N–C) groups is 1. The van der Waals surface area contributed by atoms with Crippen molar-refractivity contribution in [3.8, 4) is 0 Å². The number of hydrogen-bond donors (Lipinski definition) is 0. The van der Waals surface area contributed by atoms with Crippen LogP contribution in [0.5, 0.6) is 0 Å². The summed E-state index contributed by atoms with van der Waals surface area (Å²) in [6.45, 7) is 6.60. The molecule has 0 saturated carbocycles. The van der Waals surface area contributed by atoms with E-state index in [4.69, 9.17) is 0 Å². The topological polar surface area (TPSA) is 25.2 Å². The molecule has 1 aromatic heterocycles. The third-order valence-electron chi connectivity index (χ3n) is 3.23. The van der Waals surface area contributed by atoms with E-state index in [1.165, 1.54) is 5.57 Å². The summed E-state index contributed by atoms with van der Waals surface area (Å²) < 4.78 is 0. The maximum Gasteiger partial charge on any atom is 0.0847 e. The van der Waals surface area contributed by atoms with Crippen molar-refractivity contribution >= 4 is 5.71 Å². The average molecular weight is 200 g/mol. The minimum absolute atomic E-state index is 0.449. The van der Waals surface area contributed by atoms with E-state index >= 15 is 0 Å². The number of hydrogen-bond acceptors (Lipinski definition) is 2. The molecule has 1 aliphatic rings. The second-order valence-electron chi connectivity index (χ2n) is 4.18. The molecule has 0 N–H and O–H groups in total. The molecule has 0 aromatic carbocycles. The van der Waals surface area contributed by atoms with Crippen molar-refractivity contribution in [2.45, 2.75) is 20.8 Å². The molecule has 0 radical (unpaired) electrons. The van der Waals surface area contributed by atoms with Gasteiger partial charge in [-0.25, -0.2) is 0 Å². The summed E-state index contributed by atoms with van der Waals surface area (Å²) in [6.07, 6.45) is 3.79. The van der Waals surface area contributed by atoms with Gasteiger partial charge in [0.15, 0.2) is 0 Å². The SMILES string of the molecule is CC1=CN=C(c2ccccn2)[C@@H](C)[C@H]1C. The van der Waals surface area contributed by atoms with Gasteiger partial charge in [-0.2, -0.15) is 0 Å². The highest BCUT2D eigenvalue weighted by molar-refractivity contribution is 6.01. The van der Waals surface area contributed by atoms with Crippen LogP contribution >= 0.6 is 0 Å². The van der Waals surface area contributed by atoms with Crippen LogP contribution in [-0.2, 0) is 0 Å². The number of aromatic nitrogens is 1. The Morgan fingerprint density at radius 1 is 1.13 bits per heavy atom. The molecule has 0 fully saturated rings. The summed E-state index contributed by atoms with van der Waals surface area (Å²) in [4.78, 5) is 8.86. The molecule has 1 aromatic rings. The molecule has 2 atom stereocenters. The third kappa shape index (κ3) is 1.84. The summed E-state index contributed by atoms with van der Waals surface area (Å²) in [6, 6.07) is 5.96. The lowest BCUT2D eigenvalue weighted by Gasteiger charge is -2.25. The predicted molar refractivity (Wildman–Crippen MR) is 62.9 cm³/mol. The largest absolute Gasteiger partial charge is 0.259 e. The van der Waals surface area contributed by atoms with Crippen LogP contribution < -0.4 is 0 Å². The van der Waals surface area contributed by atoms with Crippen LogP contribution in [-0.4, -0.2) is 10.7 Å². The maximum atomic E-state index is 4.50. The maximum absolute atomic E-state index is 4.50. The van der Waals surface area contributed by atoms with E-state index in [0.717, 1.165) is 11.4 Å². The Bertz CT molecular complexity index is 404. The first-order valence-electron chi connectivity index (χ1n) is 5.36. The van der Waals surface area contributed by atoms with Crippen molar-refractivity contribution < 1.29 is 0 Å². The predicted octanol–water partition coefficient (Wildman–Crippen LogP) is 3.06. The Morgan fingerprint density at radius 2 is 1.93 bits per heavy atom. The highest BCUT2D eigenvalue weighted by atomic mass is 14.8. The zero-order valence-corrected chi connectivity index (χ0v) is 9.44. The highest BCUT2D eigenvalue weighted by Gasteiger charge is 2.24. The zero-order valence-electron chi connectivity index (χ0n) is 9.44. The fourth-order valence-electron chi connectivity index (χ4n) is 1.85. The number of rotatable bonds is 1. The Balaban J connectivity index is 2.39. The molecular formula is C13H16N2. The van der Waals surface area contributed by atoms with Crippen molar-refractivity contribution in [2.24, 2.45) is 16.8 Å². The number of nitrogens with zero attached hydrogens (tertiary/aromatic N) is 2. The number of allylic oxidation sites excluding steroid dienone is 1. The average Bonchev–Trinajstić information content (AvgIpc) is 2.27. The summed E-state index contributed by atoms with van der Waals surface area (Å²) in [5.74, 6) is 1.00. The fraction of sp³-hybridized carbons (Fsp3) is 0.385. The van der Waals surface area contributed by atoms with E-state index in [9.17, 15) is 0 Å². The fourth-order valence-corrected chi connectivity index (χ4v) is 1.85. The van der Waals surface area contributed by atoms with Crippen LogP contribution in [0.1, 0.15) is 26.5 Å². The molecule has 0 saturated heterocycles. The minimum atomic E-state index is 0.449. The van der Waals surface area contributed by atoms with Gasteiger partial charge in [0.1, 0.15) is 0 Å². The van der Waals surface area contributed by atoms with Gasteiger partial charge in [-0.05, 0) is 25.0 Å². The van der Waals surface area contributed by atoms with Crippen molar-refractivity contribution in [1.29, 1.82) is 0 Å². The van der Waals surface area contributed by atoms with Crippen LogP contribution in [0.4, 0.5) is 0 Å². The van der Waals surface area contributed by atoms with Crippen molar-refractivity contribution in [2.75, 3.05) is 0 Å². The molecule has 0 aliphatic carbocycles. The Hall–Kier alpha value is -1.44. The van der Waals surface area contributed by atoms with Gasteiger partial charge >= 0.3 is 0 Å². The lowest BCUT2D eigenvalue weighted by molar-refractivity contribution is 0.548. The highest BCUT2D eigenvalue weighted by Crippen LogP contribution is 2.27. The smallest absolute Gasteiger partial charge is 0.0847 e. The molecule has 2 nitrogen and oxygen atoms in total. The molecule has 2 rings (SSSR count). The summed E-state index contributed by atoms with van der Waals surface area (Å²) in [5.41, 5.74) is 3.46. The molecule has 0 bridgehead atoms. The van der Waals surface area contributed by atoms with E-state index in [-0.39, 0.29) is 0 Å². The molecule has 2 heteroatoms. The molecule has 0 spiro atoms. The van der Waals surface area contributed by atoms with Gasteiger partial charge in [0.25, 0.3) is 0 Å². The summed E-state index contributed by atoms with van der Waals surface area (Å²) in [7, 11) is 0. The van der Waals surface area contributed by atoms with Crippen LogP contribution in [0.15, 0.2) is 41.2 Å². The van der Waals surface area contributed by atoms with Gasteiger partial charge in [-0.3, -0.25) is 9.98 Å². The lowest BCUT2D eigenvalue weighted by Crippen LogP contribution is -2.24. The van der Waals surface area contributed by atoms with E-state index in [2.05, 4.69) is 30.7 Å². The Labute approximate surface area is 90.8 Å². The molecule has 0 unspecified atom stereocenters. The first kappa shape index (κ1) is 10.1. The van der Waals surface area contributed by atoms with E-state index in [1.54, 1.807) is 0 Å². The van der Waals surface area contributed by atoms with Crippen LogP contribution in [0.25, 0.3) is 0 Å². The molecule has 78 valence electrons. The van der Waals surface area contributed by atoms with E-state index in [0.29, 0.717) is 11.8 Å². The third-order valence-corrected chi connectivity index (χ3v) is 3.23. The van der Waals surface area contributed by atoms with Crippen molar-refractivity contribution in [1.82, 2.24) is 4.98 Å². The van der Waals surface area contributed by atoms with Crippen LogP contribution in [0.2, 0.25) is 0 Å². The standard InChI is InChI=1S/C13H16N2/c1-9-8-15-13(11(3)10(9)2)12-6-4-5-7-14-12/h4-8,10-11H,1-3H3/t10-,11-/m0/s1. The van der Waals surface area contributed by atoms with E-state index < -0.39 is 0 Å². The first-order chi connectivity index (χ1) is 7.20. The second kappa shape index (κ2) is 3.97. The van der Waals surface area contributed by atoms with Gasteiger partial charge < -0.3 is 0 Å². The van der Waals surface area contributed by atoms with Gasteiger partial charge in [-0.1, -0.05) is 25.5 Å². The summed E-state index contributed by atoms with van der Waals surface area (Å²) >= 11 is 0.